The predicted molar refractivity (Wildman–Crippen MR) is 139 cm³/mol. The second-order valence-corrected chi connectivity index (χ2v) is 11.0. The first-order chi connectivity index (χ1) is 15.7. The Balaban J connectivity index is 0. The van der Waals surface area contributed by atoms with Crippen molar-refractivity contribution >= 4 is 51.6 Å². The van der Waals surface area contributed by atoms with Crippen LogP contribution in [0.3, 0.4) is 0 Å². The van der Waals surface area contributed by atoms with Crippen LogP contribution in [0, 0.1) is 0 Å². The molecule has 7 nitrogen and oxygen atoms in total. The number of hydrogen-bond acceptors (Lipinski definition) is 6. The molecule has 1 atom stereocenters. The summed E-state index contributed by atoms with van der Waals surface area (Å²) in [5, 5.41) is 0. The van der Waals surface area contributed by atoms with Gasteiger partial charge in [0.05, 0.1) is 19.6 Å². The molecule has 0 aromatic heterocycles. The molecule has 0 aliphatic rings. The summed E-state index contributed by atoms with van der Waals surface area (Å²) in [7, 11) is -4.84. The molecule has 9 heteroatoms. The van der Waals surface area contributed by atoms with Gasteiger partial charge in [-0.3, -0.25) is 14.1 Å². The van der Waals surface area contributed by atoms with E-state index in [9.17, 15) is 22.6 Å². The van der Waals surface area contributed by atoms with Crippen molar-refractivity contribution in [3.05, 3.63) is 0 Å². The maximum atomic E-state index is 12.4. The summed E-state index contributed by atoms with van der Waals surface area (Å²) in [5.41, 5.74) is 0. The molecule has 0 spiro atoms. The van der Waals surface area contributed by atoms with Gasteiger partial charge in [0.2, 0.25) is 4.75 Å². The molecule has 1 N–H and O–H groups in total. The van der Waals surface area contributed by atoms with Crippen LogP contribution in [-0.4, -0.2) is 72.4 Å². The zero-order valence-corrected chi connectivity index (χ0v) is 22.1. The van der Waals surface area contributed by atoms with Crippen LogP contribution in [0.4, 0.5) is 0 Å². The summed E-state index contributed by atoms with van der Waals surface area (Å²) in [6.07, 6.45) is 16.5. The van der Waals surface area contributed by atoms with Gasteiger partial charge in [0.15, 0.2) is 0 Å². The van der Waals surface area contributed by atoms with E-state index in [2.05, 4.69) is 13.8 Å². The second-order valence-electron chi connectivity index (χ2n) is 9.19. The fourth-order valence-electron chi connectivity index (χ4n) is 3.57. The van der Waals surface area contributed by atoms with E-state index in [1.807, 2.05) is 0 Å². The first-order valence-electron chi connectivity index (χ1n) is 13.0. The molecule has 198 valence electrons. The maximum absolute atomic E-state index is 12.4. The molecule has 0 fully saturated rings. The fourth-order valence-corrected chi connectivity index (χ4v) is 4.14. The summed E-state index contributed by atoms with van der Waals surface area (Å²) in [6.45, 7) is 5.59. The van der Waals surface area contributed by atoms with Crippen molar-refractivity contribution in [2.75, 3.05) is 13.2 Å². The van der Waals surface area contributed by atoms with E-state index in [1.165, 1.54) is 51.4 Å². The standard InChI is InChI=1S/C25H48O7S.Na.H/c1-4-6-8-10-12-14-16-18-20-31-23(26)22-25(3,33(28,29)30)24(27)32-21-19-17-15-13-11-9-7-5-2;;/h4-22H2,1-3H3,(H,28,29,30);;. The molecule has 0 amide bonds. The molecule has 0 heterocycles. The van der Waals surface area contributed by atoms with Crippen LogP contribution >= 0.6 is 0 Å². The molecule has 34 heavy (non-hydrogen) atoms. The van der Waals surface area contributed by atoms with E-state index >= 15 is 0 Å². The topological polar surface area (TPSA) is 107 Å². The van der Waals surface area contributed by atoms with E-state index in [1.54, 1.807) is 0 Å². The Labute approximate surface area is 230 Å². The summed E-state index contributed by atoms with van der Waals surface area (Å²) in [6, 6.07) is 0. The average Bonchev–Trinajstić information content (AvgIpc) is 2.75. The molecule has 0 saturated heterocycles. The number of esters is 2. The Morgan fingerprint density at radius 2 is 1.03 bits per heavy atom. The van der Waals surface area contributed by atoms with Crippen molar-refractivity contribution in [1.29, 1.82) is 0 Å². The van der Waals surface area contributed by atoms with Crippen LogP contribution in [0.15, 0.2) is 0 Å². The molecule has 0 radical (unpaired) electrons. The van der Waals surface area contributed by atoms with Crippen LogP contribution < -0.4 is 0 Å². The van der Waals surface area contributed by atoms with Gasteiger partial charge in [-0.25, -0.2) is 0 Å². The Bertz CT molecular complexity index is 625. The molecule has 0 saturated carbocycles. The number of ether oxygens (including phenoxy) is 2. The molecule has 0 bridgehead atoms. The second kappa shape index (κ2) is 22.1. The Morgan fingerprint density at radius 3 is 1.41 bits per heavy atom. The summed E-state index contributed by atoms with van der Waals surface area (Å²) in [4.78, 5) is 24.5. The van der Waals surface area contributed by atoms with Gasteiger partial charge in [-0.15, -0.1) is 0 Å². The monoisotopic (exact) mass is 516 g/mol. The molecule has 1 unspecified atom stereocenters. The van der Waals surface area contributed by atoms with Crippen molar-refractivity contribution in [1.82, 2.24) is 0 Å². The number of carbonyl (C=O) groups is 2. The van der Waals surface area contributed by atoms with E-state index in [-0.39, 0.29) is 42.8 Å². The van der Waals surface area contributed by atoms with Gasteiger partial charge in [0, 0.05) is 0 Å². The number of unbranched alkanes of at least 4 members (excludes halogenated alkanes) is 14. The fraction of sp³-hybridized carbons (Fsp3) is 0.920. The van der Waals surface area contributed by atoms with Gasteiger partial charge >= 0.3 is 41.5 Å². The van der Waals surface area contributed by atoms with E-state index in [0.29, 0.717) is 12.8 Å². The molecular weight excluding hydrogens is 467 g/mol. The summed E-state index contributed by atoms with van der Waals surface area (Å²) >= 11 is 0. The quantitative estimate of drug-likeness (QED) is 0.0846. The first kappa shape index (κ1) is 36.0. The van der Waals surface area contributed by atoms with E-state index in [4.69, 9.17) is 9.47 Å². The SMILES string of the molecule is CCCCCCCCCCOC(=O)CC(C)(C(=O)OCCCCCCCCCC)S(=O)(=O)O.[NaH]. The predicted octanol–water partition coefficient (Wildman–Crippen LogP) is 5.74. The third kappa shape index (κ3) is 17.3. The van der Waals surface area contributed by atoms with Crippen molar-refractivity contribution in [2.24, 2.45) is 0 Å². The van der Waals surface area contributed by atoms with Gasteiger partial charge in [-0.05, 0) is 19.8 Å². The Morgan fingerprint density at radius 1 is 0.676 bits per heavy atom. The third-order valence-corrected chi connectivity index (χ3v) is 7.42. The molecule has 0 aromatic carbocycles. The Kier molecular flexibility index (Phi) is 23.4. The minimum atomic E-state index is -4.84. The van der Waals surface area contributed by atoms with E-state index in [0.717, 1.165) is 45.4 Å². The zero-order chi connectivity index (χ0) is 25.0. The molecular formula is C25H49NaO7S. The van der Waals surface area contributed by atoms with Gasteiger partial charge in [0.1, 0.15) is 0 Å². The van der Waals surface area contributed by atoms with Crippen molar-refractivity contribution in [3.63, 3.8) is 0 Å². The minimum absolute atomic E-state index is 0. The van der Waals surface area contributed by atoms with Crippen LogP contribution in [0.1, 0.15) is 130 Å². The number of hydrogen-bond donors (Lipinski definition) is 1. The van der Waals surface area contributed by atoms with Gasteiger partial charge < -0.3 is 9.47 Å². The van der Waals surface area contributed by atoms with Crippen LogP contribution in [0.25, 0.3) is 0 Å². The third-order valence-electron chi connectivity index (χ3n) is 5.97. The van der Waals surface area contributed by atoms with Crippen LogP contribution in [0.2, 0.25) is 0 Å². The first-order valence-corrected chi connectivity index (χ1v) is 14.4. The number of rotatable bonds is 22. The van der Waals surface area contributed by atoms with Crippen molar-refractivity contribution in [2.45, 2.75) is 135 Å². The van der Waals surface area contributed by atoms with Gasteiger partial charge in [0.25, 0.3) is 10.1 Å². The molecule has 0 aliphatic heterocycles. The van der Waals surface area contributed by atoms with Crippen molar-refractivity contribution < 1.29 is 32.0 Å². The molecule has 0 aromatic rings. The normalized spacial score (nSPS) is 13.1. The van der Waals surface area contributed by atoms with E-state index < -0.39 is 33.2 Å². The van der Waals surface area contributed by atoms with Gasteiger partial charge in [-0.1, -0.05) is 104 Å². The molecule has 0 rings (SSSR count). The van der Waals surface area contributed by atoms with Gasteiger partial charge in [-0.2, -0.15) is 8.42 Å². The Hall–Kier alpha value is -0.150. The summed E-state index contributed by atoms with van der Waals surface area (Å²) < 4.78 is 41.2. The number of carbonyl (C=O) groups excluding carboxylic acids is 2. The van der Waals surface area contributed by atoms with Crippen LogP contribution in [-0.2, 0) is 29.2 Å². The summed E-state index contributed by atoms with van der Waals surface area (Å²) in [5.74, 6) is -1.95. The molecule has 0 aliphatic carbocycles. The van der Waals surface area contributed by atoms with Crippen LogP contribution in [0.5, 0.6) is 0 Å². The zero-order valence-electron chi connectivity index (χ0n) is 21.2. The van der Waals surface area contributed by atoms with Crippen molar-refractivity contribution in [3.8, 4) is 0 Å². The average molecular weight is 517 g/mol.